The Morgan fingerprint density at radius 2 is 2.08 bits per heavy atom. The minimum atomic E-state index is 0.107. The first-order valence-corrected chi connectivity index (χ1v) is 9.21. The molecule has 3 heterocycles. The summed E-state index contributed by atoms with van der Waals surface area (Å²) >= 11 is 8.35. The van der Waals surface area contributed by atoms with Crippen LogP contribution in [0.4, 0.5) is 0 Å². The highest BCUT2D eigenvalue weighted by Crippen LogP contribution is 2.49. The fourth-order valence-electron chi connectivity index (χ4n) is 3.37. The molecule has 0 spiro atoms. The van der Waals surface area contributed by atoms with Gasteiger partial charge >= 0.3 is 0 Å². The van der Waals surface area contributed by atoms with E-state index in [-0.39, 0.29) is 11.3 Å². The summed E-state index contributed by atoms with van der Waals surface area (Å²) in [6.07, 6.45) is 0. The maximum atomic E-state index is 9.04. The van der Waals surface area contributed by atoms with Gasteiger partial charge in [0.15, 0.2) is 0 Å². The van der Waals surface area contributed by atoms with Crippen LogP contribution < -0.4 is 5.32 Å². The van der Waals surface area contributed by atoms with Crippen LogP contribution in [0, 0.1) is 17.2 Å². The SMILES string of the molecule is CN=C(C1=C(NC)C2=C(C)C(Cl)=C(C)N(C)C2S1)N1CC(C#N)C1. The van der Waals surface area contributed by atoms with E-state index >= 15 is 0 Å². The Bertz CT molecular complexity index is 737. The number of nitriles is 1. The predicted molar refractivity (Wildman–Crippen MR) is 101 cm³/mol. The Labute approximate surface area is 152 Å². The van der Waals surface area contributed by atoms with E-state index in [0.29, 0.717) is 0 Å². The maximum Gasteiger partial charge on any atom is 0.139 e. The molecule has 1 saturated heterocycles. The van der Waals surface area contributed by atoms with E-state index in [1.54, 1.807) is 11.8 Å². The zero-order valence-corrected chi connectivity index (χ0v) is 16.2. The van der Waals surface area contributed by atoms with Crippen molar-refractivity contribution in [2.24, 2.45) is 10.9 Å². The average molecular weight is 364 g/mol. The van der Waals surface area contributed by atoms with Crippen molar-refractivity contribution < 1.29 is 0 Å². The second-order valence-corrected chi connectivity index (χ2v) is 7.72. The van der Waals surface area contributed by atoms with Crippen LogP contribution >= 0.6 is 23.4 Å². The largest absolute Gasteiger partial charge is 0.387 e. The van der Waals surface area contributed by atoms with Gasteiger partial charge < -0.3 is 15.1 Å². The molecule has 3 rings (SSSR count). The summed E-state index contributed by atoms with van der Waals surface area (Å²) in [7, 11) is 5.84. The predicted octanol–water partition coefficient (Wildman–Crippen LogP) is 2.71. The molecule has 128 valence electrons. The van der Waals surface area contributed by atoms with Gasteiger partial charge in [-0.15, -0.1) is 0 Å². The number of fused-ring (bicyclic) bond motifs is 1. The third-order valence-corrected chi connectivity index (χ3v) is 6.89. The molecule has 24 heavy (non-hydrogen) atoms. The molecule has 1 unspecified atom stereocenters. The first kappa shape index (κ1) is 17.2. The Hall–Kier alpha value is -1.58. The minimum Gasteiger partial charge on any atom is -0.387 e. The molecule has 0 radical (unpaired) electrons. The second-order valence-electron chi connectivity index (χ2n) is 6.25. The van der Waals surface area contributed by atoms with Crippen LogP contribution in [0.1, 0.15) is 13.8 Å². The van der Waals surface area contributed by atoms with Crippen LogP contribution in [0.25, 0.3) is 0 Å². The summed E-state index contributed by atoms with van der Waals surface area (Å²) in [5, 5.41) is 13.4. The highest BCUT2D eigenvalue weighted by atomic mass is 35.5. The number of likely N-dealkylation sites (N-methyl/N-ethyl adjacent to an activating group) is 2. The topological polar surface area (TPSA) is 54.7 Å². The highest BCUT2D eigenvalue weighted by molar-refractivity contribution is 8.05. The van der Waals surface area contributed by atoms with Gasteiger partial charge in [-0.2, -0.15) is 5.26 Å². The zero-order valence-electron chi connectivity index (χ0n) is 14.6. The molecular weight excluding hydrogens is 342 g/mol. The summed E-state index contributed by atoms with van der Waals surface area (Å²) in [6.45, 7) is 5.64. The summed E-state index contributed by atoms with van der Waals surface area (Å²) in [5.74, 6) is 1.07. The first-order valence-electron chi connectivity index (χ1n) is 7.95. The molecular formula is C17H22ClN5S. The smallest absolute Gasteiger partial charge is 0.139 e. The fourth-order valence-corrected chi connectivity index (χ4v) is 5.22. The Kier molecular flexibility index (Phi) is 4.58. The third kappa shape index (κ3) is 2.42. The fraction of sp³-hybridized carbons (Fsp3) is 0.529. The number of aliphatic imine (C=N–C) groups is 1. The Morgan fingerprint density at radius 1 is 1.42 bits per heavy atom. The number of rotatable bonds is 2. The summed E-state index contributed by atoms with van der Waals surface area (Å²) in [4.78, 5) is 10.1. The molecule has 0 saturated carbocycles. The van der Waals surface area contributed by atoms with Gasteiger partial charge in [-0.3, -0.25) is 4.99 Å². The van der Waals surface area contributed by atoms with Crippen LogP contribution in [0.2, 0.25) is 0 Å². The maximum absolute atomic E-state index is 9.04. The molecule has 3 aliphatic heterocycles. The van der Waals surface area contributed by atoms with Crippen LogP contribution in [0.5, 0.6) is 0 Å². The van der Waals surface area contributed by atoms with E-state index in [0.717, 1.165) is 45.8 Å². The van der Waals surface area contributed by atoms with Crippen LogP contribution in [0.15, 0.2) is 37.5 Å². The van der Waals surface area contributed by atoms with Gasteiger partial charge in [-0.1, -0.05) is 23.4 Å². The minimum absolute atomic E-state index is 0.107. The average Bonchev–Trinajstić information content (AvgIpc) is 2.93. The zero-order chi connectivity index (χ0) is 17.6. The number of halogens is 1. The molecule has 0 aromatic heterocycles. The normalized spacial score (nSPS) is 25.2. The van der Waals surface area contributed by atoms with E-state index in [1.807, 2.05) is 14.1 Å². The molecule has 0 amide bonds. The lowest BCUT2D eigenvalue weighted by atomic mass is 9.98. The van der Waals surface area contributed by atoms with Gasteiger partial charge in [0, 0.05) is 45.5 Å². The van der Waals surface area contributed by atoms with Gasteiger partial charge in [-0.05, 0) is 19.4 Å². The van der Waals surface area contributed by atoms with Gasteiger partial charge in [0.2, 0.25) is 0 Å². The van der Waals surface area contributed by atoms with Crippen LogP contribution in [-0.2, 0) is 0 Å². The molecule has 1 atom stereocenters. The second kappa shape index (κ2) is 6.38. The van der Waals surface area contributed by atoms with Crippen molar-refractivity contribution in [1.82, 2.24) is 15.1 Å². The van der Waals surface area contributed by atoms with Crippen LogP contribution in [-0.4, -0.2) is 55.2 Å². The van der Waals surface area contributed by atoms with Gasteiger partial charge in [-0.25, -0.2) is 0 Å². The number of amidine groups is 1. The number of allylic oxidation sites excluding steroid dienone is 3. The molecule has 0 bridgehead atoms. The summed E-state index contributed by atoms with van der Waals surface area (Å²) in [5.41, 5.74) is 4.55. The van der Waals surface area contributed by atoms with Crippen molar-refractivity contribution in [3.05, 3.63) is 32.5 Å². The third-order valence-electron chi connectivity index (χ3n) is 4.93. The molecule has 0 aromatic carbocycles. The number of nitrogens with zero attached hydrogens (tertiary/aromatic N) is 4. The molecule has 1 N–H and O–H groups in total. The number of hydrogen-bond acceptors (Lipinski definition) is 5. The molecule has 5 nitrogen and oxygen atoms in total. The van der Waals surface area contributed by atoms with Crippen molar-refractivity contribution in [1.29, 1.82) is 5.26 Å². The van der Waals surface area contributed by atoms with E-state index < -0.39 is 0 Å². The number of thioether (sulfide) groups is 1. The lowest BCUT2D eigenvalue weighted by Crippen LogP contribution is -2.49. The van der Waals surface area contributed by atoms with E-state index in [2.05, 4.69) is 47.1 Å². The molecule has 7 heteroatoms. The van der Waals surface area contributed by atoms with Gasteiger partial charge in [0.05, 0.1) is 27.6 Å². The number of likely N-dealkylation sites (tertiary alicyclic amines) is 1. The van der Waals surface area contributed by atoms with Crippen LogP contribution in [0.3, 0.4) is 0 Å². The van der Waals surface area contributed by atoms with Crippen molar-refractivity contribution in [3.63, 3.8) is 0 Å². The lowest BCUT2D eigenvalue weighted by Gasteiger charge is -2.38. The molecule has 1 fully saturated rings. The van der Waals surface area contributed by atoms with Crippen molar-refractivity contribution >= 4 is 29.2 Å². The van der Waals surface area contributed by atoms with Gasteiger partial charge in [0.1, 0.15) is 11.2 Å². The van der Waals surface area contributed by atoms with E-state index in [1.165, 1.54) is 5.57 Å². The van der Waals surface area contributed by atoms with Crippen molar-refractivity contribution in [2.45, 2.75) is 19.2 Å². The first-order chi connectivity index (χ1) is 11.4. The van der Waals surface area contributed by atoms with Crippen molar-refractivity contribution in [2.75, 3.05) is 34.2 Å². The molecule has 3 aliphatic rings. The lowest BCUT2D eigenvalue weighted by molar-refractivity contribution is 0.237. The van der Waals surface area contributed by atoms with Crippen molar-refractivity contribution in [3.8, 4) is 6.07 Å². The van der Waals surface area contributed by atoms with E-state index in [9.17, 15) is 0 Å². The Morgan fingerprint density at radius 3 is 2.62 bits per heavy atom. The number of nitrogens with one attached hydrogen (secondary N) is 1. The summed E-state index contributed by atoms with van der Waals surface area (Å²) in [6, 6.07) is 2.32. The standard InChI is InChI=1S/C17H22ClN5S/c1-9-12-14(20-3)15(16(21-4)23-7-11(6-19)8-23)24-17(12)22(5)10(2)13(9)18/h11,17,20H,7-8H2,1-5H3. The highest BCUT2D eigenvalue weighted by Gasteiger charge is 2.42. The monoisotopic (exact) mass is 363 g/mol. The quantitative estimate of drug-likeness (QED) is 0.604. The van der Waals surface area contributed by atoms with E-state index in [4.69, 9.17) is 16.9 Å². The Balaban J connectivity index is 2.02. The van der Waals surface area contributed by atoms with Gasteiger partial charge in [0.25, 0.3) is 0 Å². The number of hydrogen-bond donors (Lipinski definition) is 1. The molecule has 0 aliphatic carbocycles. The molecule has 0 aromatic rings. The summed E-state index contributed by atoms with van der Waals surface area (Å²) < 4.78 is 0.